The summed E-state index contributed by atoms with van der Waals surface area (Å²) in [6, 6.07) is 15.0. The molecule has 7 heteroatoms. The minimum absolute atomic E-state index is 0.123. The smallest absolute Gasteiger partial charge is 0.373 e. The van der Waals surface area contributed by atoms with Gasteiger partial charge in [-0.1, -0.05) is 23.8 Å². The van der Waals surface area contributed by atoms with Crippen molar-refractivity contribution in [3.63, 3.8) is 0 Å². The van der Waals surface area contributed by atoms with Crippen LogP contribution in [0.2, 0.25) is 0 Å². The number of nitrogens with zero attached hydrogens (tertiary/aromatic N) is 1. The predicted octanol–water partition coefficient (Wildman–Crippen LogP) is 3.44. The Morgan fingerprint density at radius 2 is 1.80 bits per heavy atom. The third-order valence-electron chi connectivity index (χ3n) is 4.27. The van der Waals surface area contributed by atoms with E-state index in [2.05, 4.69) is 10.3 Å². The van der Waals surface area contributed by atoms with Crippen LogP contribution in [0.1, 0.15) is 35.5 Å². The molecule has 7 nitrogen and oxygen atoms in total. The predicted molar refractivity (Wildman–Crippen MR) is 114 cm³/mol. The van der Waals surface area contributed by atoms with E-state index in [0.717, 1.165) is 22.2 Å². The van der Waals surface area contributed by atoms with Gasteiger partial charge in [0.25, 0.3) is 5.91 Å². The lowest BCUT2D eigenvalue weighted by atomic mass is 10.0. The van der Waals surface area contributed by atoms with E-state index in [1.165, 1.54) is 0 Å². The molecule has 0 aliphatic rings. The summed E-state index contributed by atoms with van der Waals surface area (Å²) in [6.45, 7) is 8.03. The Morgan fingerprint density at radius 3 is 2.47 bits per heavy atom. The molecule has 156 valence electrons. The van der Waals surface area contributed by atoms with Gasteiger partial charge in [-0.2, -0.15) is 9.59 Å². The highest BCUT2D eigenvalue weighted by Gasteiger charge is 2.23. The van der Waals surface area contributed by atoms with Gasteiger partial charge >= 0.3 is 6.15 Å². The number of nitrogens with one attached hydrogen (secondary N) is 1. The number of benzene rings is 2. The average molecular weight is 407 g/mol. The van der Waals surface area contributed by atoms with Crippen LogP contribution in [-0.2, 0) is 9.59 Å². The van der Waals surface area contributed by atoms with Gasteiger partial charge in [0.15, 0.2) is 0 Å². The Labute approximate surface area is 175 Å². The van der Waals surface area contributed by atoms with Gasteiger partial charge in [0.2, 0.25) is 0 Å². The van der Waals surface area contributed by atoms with E-state index in [0.29, 0.717) is 23.6 Å². The minimum atomic E-state index is -0.560. The lowest BCUT2D eigenvalue weighted by Crippen LogP contribution is -2.47. The highest BCUT2D eigenvalue weighted by atomic mass is 16.5. The van der Waals surface area contributed by atoms with Crippen molar-refractivity contribution >= 4 is 28.6 Å². The number of carbonyl (C=O) groups is 1. The highest BCUT2D eigenvalue weighted by molar-refractivity contribution is 5.96. The van der Waals surface area contributed by atoms with Gasteiger partial charge in [-0.15, -0.1) is 0 Å². The molecule has 0 aliphatic heterocycles. The normalized spacial score (nSPS) is 10.5. The summed E-state index contributed by atoms with van der Waals surface area (Å²) < 4.78 is 6.03. The molecular weight excluding hydrogens is 382 g/mol. The van der Waals surface area contributed by atoms with Crippen molar-refractivity contribution in [3.8, 4) is 5.75 Å². The molecule has 0 saturated heterocycles. The van der Waals surface area contributed by atoms with Crippen molar-refractivity contribution in [1.29, 1.82) is 0 Å². The maximum Gasteiger partial charge on any atom is 0.373 e. The zero-order valence-electron chi connectivity index (χ0n) is 17.5. The molecule has 1 aromatic heterocycles. The number of carbonyl (C=O) groups excluding carboxylic acids is 3. The number of hydrogen-bond acceptors (Lipinski definition) is 6. The van der Waals surface area contributed by atoms with E-state index in [1.54, 1.807) is 6.07 Å². The Bertz CT molecular complexity index is 1090. The van der Waals surface area contributed by atoms with Crippen molar-refractivity contribution < 1.29 is 19.1 Å². The fourth-order valence-corrected chi connectivity index (χ4v) is 3.00. The largest absolute Gasteiger partial charge is 0.490 e. The first-order valence-electron chi connectivity index (χ1n) is 9.34. The third kappa shape index (κ3) is 5.90. The van der Waals surface area contributed by atoms with Crippen LogP contribution in [0.25, 0.3) is 10.9 Å². The number of amides is 1. The fourth-order valence-electron chi connectivity index (χ4n) is 3.00. The molecule has 3 rings (SSSR count). The quantitative estimate of drug-likeness (QED) is 0.670. The molecule has 1 heterocycles. The molecule has 3 aromatic rings. The van der Waals surface area contributed by atoms with Gasteiger partial charge in [0, 0.05) is 16.9 Å². The molecular formula is C23H25N3O4. The second-order valence-electron chi connectivity index (χ2n) is 7.58. The topological polar surface area (TPSA) is 111 Å². The summed E-state index contributed by atoms with van der Waals surface area (Å²) in [5.41, 5.74) is 9.60. The van der Waals surface area contributed by atoms with Crippen LogP contribution in [0.3, 0.4) is 0 Å². The van der Waals surface area contributed by atoms with Gasteiger partial charge in [0.1, 0.15) is 12.4 Å². The van der Waals surface area contributed by atoms with Crippen molar-refractivity contribution in [2.45, 2.75) is 33.2 Å². The molecule has 0 fully saturated rings. The minimum Gasteiger partial charge on any atom is -0.490 e. The summed E-state index contributed by atoms with van der Waals surface area (Å²) in [5, 5.41) is 3.83. The number of aryl methyl sites for hydroxylation is 2. The Morgan fingerprint density at radius 1 is 1.13 bits per heavy atom. The molecule has 0 spiro atoms. The average Bonchev–Trinajstić information content (AvgIpc) is 2.66. The first-order chi connectivity index (χ1) is 14.2. The molecule has 3 N–H and O–H groups in total. The summed E-state index contributed by atoms with van der Waals surface area (Å²) in [7, 11) is 0. The van der Waals surface area contributed by atoms with Gasteiger partial charge in [0.05, 0.1) is 16.4 Å². The summed E-state index contributed by atoms with van der Waals surface area (Å²) in [6.07, 6.45) is 0.250. The van der Waals surface area contributed by atoms with Crippen LogP contribution >= 0.6 is 0 Å². The van der Waals surface area contributed by atoms with Crippen molar-refractivity contribution in [3.05, 3.63) is 65.4 Å². The van der Waals surface area contributed by atoms with Crippen LogP contribution in [0.5, 0.6) is 5.75 Å². The Kier molecular flexibility index (Phi) is 7.28. The van der Waals surface area contributed by atoms with E-state index in [9.17, 15) is 4.79 Å². The van der Waals surface area contributed by atoms with Gasteiger partial charge in [-0.25, -0.2) is 0 Å². The highest BCUT2D eigenvalue weighted by Crippen LogP contribution is 2.30. The Hall–Kier alpha value is -3.70. The van der Waals surface area contributed by atoms with E-state index in [1.807, 2.05) is 70.2 Å². The molecule has 0 radical (unpaired) electrons. The molecule has 2 aromatic carbocycles. The van der Waals surface area contributed by atoms with Crippen LogP contribution < -0.4 is 15.8 Å². The van der Waals surface area contributed by atoms with E-state index in [-0.39, 0.29) is 12.1 Å². The van der Waals surface area contributed by atoms with Crippen molar-refractivity contribution in [2.75, 3.05) is 12.3 Å². The first-order valence-corrected chi connectivity index (χ1v) is 9.34. The van der Waals surface area contributed by atoms with E-state index in [4.69, 9.17) is 20.1 Å². The monoisotopic (exact) mass is 407 g/mol. The van der Waals surface area contributed by atoms with Gasteiger partial charge in [-0.05, 0) is 58.0 Å². The van der Waals surface area contributed by atoms with Gasteiger partial charge < -0.3 is 15.8 Å². The van der Waals surface area contributed by atoms with E-state index >= 15 is 0 Å². The molecule has 0 saturated carbocycles. The SMILES string of the molecule is Cc1cccc(C(=O)NC(C)(C)COc2cccc3nc(C)cc(N)c23)c1.O=C=O. The van der Waals surface area contributed by atoms with E-state index < -0.39 is 5.54 Å². The molecule has 0 atom stereocenters. The molecule has 0 bridgehead atoms. The number of fused-ring (bicyclic) bond motifs is 1. The van der Waals surface area contributed by atoms with Crippen molar-refractivity contribution in [2.24, 2.45) is 0 Å². The number of ether oxygens (including phenoxy) is 1. The molecule has 0 aliphatic carbocycles. The maximum atomic E-state index is 12.5. The number of rotatable bonds is 5. The number of nitrogen functional groups attached to an aromatic ring is 1. The number of nitrogens with two attached hydrogens (primary N) is 1. The van der Waals surface area contributed by atoms with Crippen LogP contribution in [0, 0.1) is 13.8 Å². The first kappa shape index (κ1) is 22.6. The Balaban J connectivity index is 0.00000101. The summed E-state index contributed by atoms with van der Waals surface area (Å²) in [5.74, 6) is 0.539. The lowest BCUT2D eigenvalue weighted by molar-refractivity contribution is -0.191. The van der Waals surface area contributed by atoms with Crippen LogP contribution in [0.15, 0.2) is 48.5 Å². The maximum absolute atomic E-state index is 12.5. The fraction of sp³-hybridized carbons (Fsp3) is 0.261. The summed E-state index contributed by atoms with van der Waals surface area (Å²) >= 11 is 0. The molecule has 1 amide bonds. The number of hydrogen-bond donors (Lipinski definition) is 2. The zero-order chi connectivity index (χ0) is 22.3. The number of anilines is 1. The number of aromatic nitrogens is 1. The summed E-state index contributed by atoms with van der Waals surface area (Å²) in [4.78, 5) is 33.3. The lowest BCUT2D eigenvalue weighted by Gasteiger charge is -2.27. The van der Waals surface area contributed by atoms with Gasteiger partial charge in [-0.3, -0.25) is 9.78 Å². The standard InChI is InChI=1S/C22H25N3O2.CO2/c1-14-7-5-8-16(11-14)21(26)25-22(3,4)13-27-19-10-6-9-18-20(19)17(23)12-15(2)24-18;2-1-3/h5-12H,13H2,1-4H3,(H2,23,24)(H,25,26);. The second kappa shape index (κ2) is 9.67. The second-order valence-corrected chi connectivity index (χ2v) is 7.58. The molecule has 0 unspecified atom stereocenters. The third-order valence-corrected chi connectivity index (χ3v) is 4.27. The molecule has 30 heavy (non-hydrogen) atoms. The van der Waals surface area contributed by atoms with Crippen LogP contribution in [0.4, 0.5) is 5.69 Å². The zero-order valence-corrected chi connectivity index (χ0v) is 17.5. The number of pyridine rings is 1. The van der Waals surface area contributed by atoms with Crippen molar-refractivity contribution in [1.82, 2.24) is 10.3 Å². The van der Waals surface area contributed by atoms with Crippen LogP contribution in [-0.4, -0.2) is 29.2 Å².